The molecule has 23 heavy (non-hydrogen) atoms. The molecule has 0 radical (unpaired) electrons. The average molecular weight is 367 g/mol. The van der Waals surface area contributed by atoms with Crippen LogP contribution in [-0.2, 0) is 0 Å². The van der Waals surface area contributed by atoms with Crippen LogP contribution in [-0.4, -0.2) is 11.6 Å². The van der Waals surface area contributed by atoms with Gasteiger partial charge in [-0.1, -0.05) is 30.1 Å². The molecule has 2 N–H and O–H groups in total. The molecule has 3 aromatic rings. The first-order valence-corrected chi connectivity index (χ1v) is 8.87. The molecule has 0 unspecified atom stereocenters. The van der Waals surface area contributed by atoms with E-state index in [2.05, 4.69) is 16.6 Å². The van der Waals surface area contributed by atoms with Crippen molar-refractivity contribution in [1.82, 2.24) is 4.98 Å². The van der Waals surface area contributed by atoms with Gasteiger partial charge in [0.2, 0.25) is 0 Å². The van der Waals surface area contributed by atoms with Crippen molar-refractivity contribution in [1.29, 1.82) is 0 Å². The van der Waals surface area contributed by atoms with E-state index in [-0.39, 0.29) is 0 Å². The standard InChI is InChI=1S/C17H16Cl2N2OS/c1-2-9-22-11-3-5-12(6-4-11)23-21-15-8-7-13(18)16-14(19)10-20-17(15)16/h3-8,10,20-21H,2,9H2,1H3. The molecule has 0 saturated carbocycles. The molecule has 0 saturated heterocycles. The Kier molecular flexibility index (Phi) is 5.26. The van der Waals surface area contributed by atoms with Gasteiger partial charge in [0.1, 0.15) is 5.75 Å². The Bertz CT molecular complexity index is 802. The number of aromatic nitrogens is 1. The lowest BCUT2D eigenvalue weighted by Crippen LogP contribution is -1.94. The summed E-state index contributed by atoms with van der Waals surface area (Å²) in [5.41, 5.74) is 1.84. The molecule has 3 rings (SSSR count). The van der Waals surface area contributed by atoms with E-state index in [0.29, 0.717) is 10.0 Å². The van der Waals surface area contributed by atoms with Gasteiger partial charge >= 0.3 is 0 Å². The van der Waals surface area contributed by atoms with Crippen LogP contribution in [0.15, 0.2) is 47.5 Å². The highest BCUT2D eigenvalue weighted by molar-refractivity contribution is 8.00. The molecule has 1 heterocycles. The summed E-state index contributed by atoms with van der Waals surface area (Å²) in [5, 5.41) is 2.09. The van der Waals surface area contributed by atoms with Crippen molar-refractivity contribution >= 4 is 51.7 Å². The number of anilines is 1. The van der Waals surface area contributed by atoms with Gasteiger partial charge in [0, 0.05) is 16.5 Å². The van der Waals surface area contributed by atoms with Crippen LogP contribution in [0.2, 0.25) is 10.0 Å². The van der Waals surface area contributed by atoms with Crippen molar-refractivity contribution in [2.24, 2.45) is 0 Å². The van der Waals surface area contributed by atoms with Crippen LogP contribution in [0, 0.1) is 0 Å². The quantitative estimate of drug-likeness (QED) is 0.496. The summed E-state index contributed by atoms with van der Waals surface area (Å²) >= 11 is 13.9. The maximum atomic E-state index is 6.20. The zero-order valence-corrected chi connectivity index (χ0v) is 14.9. The molecule has 2 aromatic carbocycles. The van der Waals surface area contributed by atoms with Gasteiger partial charge in [0.05, 0.1) is 27.9 Å². The fourth-order valence-corrected chi connectivity index (χ4v) is 3.42. The molecule has 0 aliphatic carbocycles. The number of rotatable bonds is 6. The van der Waals surface area contributed by atoms with Crippen molar-refractivity contribution in [2.75, 3.05) is 11.3 Å². The maximum Gasteiger partial charge on any atom is 0.119 e. The number of ether oxygens (including phenoxy) is 1. The minimum absolute atomic E-state index is 0.621. The molecule has 6 heteroatoms. The topological polar surface area (TPSA) is 37.0 Å². The number of fused-ring (bicyclic) bond motifs is 1. The highest BCUT2D eigenvalue weighted by Gasteiger charge is 2.10. The van der Waals surface area contributed by atoms with Gasteiger partial charge in [0.25, 0.3) is 0 Å². The summed E-state index contributed by atoms with van der Waals surface area (Å²) in [7, 11) is 0. The van der Waals surface area contributed by atoms with E-state index >= 15 is 0 Å². The van der Waals surface area contributed by atoms with Crippen LogP contribution in [0.5, 0.6) is 5.75 Å². The summed E-state index contributed by atoms with van der Waals surface area (Å²) in [5.74, 6) is 0.890. The molecule has 0 fully saturated rings. The second-order valence-electron chi connectivity index (χ2n) is 5.01. The zero-order chi connectivity index (χ0) is 16.2. The fraction of sp³-hybridized carbons (Fsp3) is 0.176. The van der Waals surface area contributed by atoms with Crippen LogP contribution >= 0.6 is 35.1 Å². The normalized spacial score (nSPS) is 10.9. The third-order valence-corrected chi connectivity index (χ3v) is 4.75. The van der Waals surface area contributed by atoms with Gasteiger partial charge in [-0.25, -0.2) is 0 Å². The van der Waals surface area contributed by atoms with Crippen molar-refractivity contribution in [3.63, 3.8) is 0 Å². The van der Waals surface area contributed by atoms with Crippen LogP contribution in [0.1, 0.15) is 13.3 Å². The number of benzene rings is 2. The van der Waals surface area contributed by atoms with E-state index < -0.39 is 0 Å². The Labute approximate surface area is 149 Å². The molecule has 120 valence electrons. The number of nitrogens with one attached hydrogen (secondary N) is 2. The highest BCUT2D eigenvalue weighted by Crippen LogP contribution is 2.36. The molecule has 0 bridgehead atoms. The molecule has 0 aliphatic heterocycles. The largest absolute Gasteiger partial charge is 0.494 e. The predicted molar refractivity (Wildman–Crippen MR) is 100 cm³/mol. The number of halogens is 2. The minimum Gasteiger partial charge on any atom is -0.494 e. The van der Waals surface area contributed by atoms with E-state index in [1.807, 2.05) is 36.4 Å². The lowest BCUT2D eigenvalue weighted by atomic mass is 10.2. The monoisotopic (exact) mass is 366 g/mol. The summed E-state index contributed by atoms with van der Waals surface area (Å²) in [6.07, 6.45) is 2.75. The smallest absolute Gasteiger partial charge is 0.119 e. The van der Waals surface area contributed by atoms with Crippen molar-refractivity contribution in [2.45, 2.75) is 18.2 Å². The Morgan fingerprint density at radius 3 is 2.61 bits per heavy atom. The lowest BCUT2D eigenvalue weighted by Gasteiger charge is -2.09. The molecule has 0 aliphatic rings. The number of aromatic amines is 1. The van der Waals surface area contributed by atoms with Crippen molar-refractivity contribution in [3.05, 3.63) is 52.6 Å². The van der Waals surface area contributed by atoms with E-state index in [1.54, 1.807) is 6.20 Å². The second kappa shape index (κ2) is 7.39. The number of hydrogen-bond acceptors (Lipinski definition) is 3. The van der Waals surface area contributed by atoms with E-state index in [4.69, 9.17) is 27.9 Å². The lowest BCUT2D eigenvalue weighted by molar-refractivity contribution is 0.317. The predicted octanol–water partition coefficient (Wildman–Crippen LogP) is 6.38. The summed E-state index contributed by atoms with van der Waals surface area (Å²) < 4.78 is 8.92. The molecule has 0 amide bonds. The van der Waals surface area contributed by atoms with E-state index in [9.17, 15) is 0 Å². The first-order chi connectivity index (χ1) is 11.2. The number of H-pyrrole nitrogens is 1. The highest BCUT2D eigenvalue weighted by atomic mass is 35.5. The molecule has 0 atom stereocenters. The Morgan fingerprint density at radius 1 is 1.09 bits per heavy atom. The third-order valence-electron chi connectivity index (χ3n) is 3.31. The SMILES string of the molecule is CCCOc1ccc(SNc2ccc(Cl)c3c(Cl)c[nH]c23)cc1. The first-order valence-electron chi connectivity index (χ1n) is 7.30. The van der Waals surface area contributed by atoms with Crippen LogP contribution in [0.3, 0.4) is 0 Å². The van der Waals surface area contributed by atoms with E-state index in [0.717, 1.165) is 40.3 Å². The third kappa shape index (κ3) is 3.71. The first kappa shape index (κ1) is 16.4. The zero-order valence-electron chi connectivity index (χ0n) is 12.5. The van der Waals surface area contributed by atoms with Gasteiger partial charge in [0.15, 0.2) is 0 Å². The van der Waals surface area contributed by atoms with Crippen molar-refractivity contribution in [3.8, 4) is 5.75 Å². The van der Waals surface area contributed by atoms with Crippen LogP contribution in [0.4, 0.5) is 5.69 Å². The molecular formula is C17H16Cl2N2OS. The Balaban J connectivity index is 1.72. The van der Waals surface area contributed by atoms with Gasteiger partial charge in [-0.3, -0.25) is 0 Å². The Morgan fingerprint density at radius 2 is 1.87 bits per heavy atom. The summed E-state index contributed by atoms with van der Waals surface area (Å²) in [6, 6.07) is 11.8. The average Bonchev–Trinajstić information content (AvgIpc) is 2.96. The van der Waals surface area contributed by atoms with Gasteiger partial charge in [-0.05, 0) is 54.8 Å². The summed E-state index contributed by atoms with van der Waals surface area (Å²) in [6.45, 7) is 2.83. The van der Waals surface area contributed by atoms with Gasteiger partial charge in [-0.15, -0.1) is 0 Å². The van der Waals surface area contributed by atoms with E-state index in [1.165, 1.54) is 11.9 Å². The van der Waals surface area contributed by atoms with Crippen LogP contribution in [0.25, 0.3) is 10.9 Å². The second-order valence-corrected chi connectivity index (χ2v) is 6.70. The summed E-state index contributed by atoms with van der Waals surface area (Å²) in [4.78, 5) is 4.25. The van der Waals surface area contributed by atoms with Crippen LogP contribution < -0.4 is 9.46 Å². The number of hydrogen-bond donors (Lipinski definition) is 2. The maximum absolute atomic E-state index is 6.20. The molecule has 3 nitrogen and oxygen atoms in total. The molecule has 0 spiro atoms. The minimum atomic E-state index is 0.621. The molecule has 1 aromatic heterocycles. The molecular weight excluding hydrogens is 351 g/mol. The van der Waals surface area contributed by atoms with Gasteiger partial charge < -0.3 is 14.4 Å². The van der Waals surface area contributed by atoms with Gasteiger partial charge in [-0.2, -0.15) is 0 Å². The fourth-order valence-electron chi connectivity index (χ4n) is 2.19. The Hall–Kier alpha value is -1.49. The van der Waals surface area contributed by atoms with Crippen molar-refractivity contribution < 1.29 is 4.74 Å².